The molecule has 1 saturated heterocycles. The summed E-state index contributed by atoms with van der Waals surface area (Å²) in [4.78, 5) is 31.3. The summed E-state index contributed by atoms with van der Waals surface area (Å²) in [5, 5.41) is 0. The van der Waals surface area contributed by atoms with Gasteiger partial charge in [-0.3, -0.25) is 9.69 Å². The largest absolute Gasteiger partial charge is 0.496 e. The number of rotatable bonds is 6. The Morgan fingerprint density at radius 3 is 2.44 bits per heavy atom. The summed E-state index contributed by atoms with van der Waals surface area (Å²) in [7, 11) is 1.61. The van der Waals surface area contributed by atoms with E-state index in [0.717, 1.165) is 60.7 Å². The van der Waals surface area contributed by atoms with Crippen molar-refractivity contribution in [2.75, 3.05) is 39.0 Å². The number of methoxy groups -OCH3 is 1. The third-order valence-electron chi connectivity index (χ3n) is 7.48. The number of aryl methyl sites for hydroxylation is 1. The van der Waals surface area contributed by atoms with Gasteiger partial charge in [-0.1, -0.05) is 25.8 Å². The van der Waals surface area contributed by atoms with Gasteiger partial charge in [-0.25, -0.2) is 15.0 Å². The van der Waals surface area contributed by atoms with Crippen molar-refractivity contribution in [2.24, 2.45) is 0 Å². The molecule has 8 heteroatoms. The molecule has 188 valence electrons. The van der Waals surface area contributed by atoms with E-state index in [9.17, 15) is 4.79 Å². The van der Waals surface area contributed by atoms with E-state index in [4.69, 9.17) is 10.5 Å². The van der Waals surface area contributed by atoms with Crippen molar-refractivity contribution < 1.29 is 9.53 Å². The third kappa shape index (κ3) is 4.78. The quantitative estimate of drug-likeness (QED) is 0.561. The first-order valence-corrected chi connectivity index (χ1v) is 12.9. The maximum atomic E-state index is 13.5. The van der Waals surface area contributed by atoms with Crippen LogP contribution in [-0.2, 0) is 6.42 Å². The highest BCUT2D eigenvalue weighted by Gasteiger charge is 2.29. The molecule has 1 saturated carbocycles. The van der Waals surface area contributed by atoms with Crippen molar-refractivity contribution in [1.82, 2.24) is 24.8 Å². The number of pyridine rings is 1. The number of carbonyl (C=O) groups excluding carboxylic acids is 1. The van der Waals surface area contributed by atoms with E-state index in [0.29, 0.717) is 23.2 Å². The SMILES string of the molecule is CCc1ncnc(-c2ccc(C(=O)N3CCN(C4CCCC4)CC3)c(OC)c2)c1-c1ccc(N)nc1. The number of aromatic nitrogens is 3. The van der Waals surface area contributed by atoms with Gasteiger partial charge in [-0.2, -0.15) is 0 Å². The van der Waals surface area contributed by atoms with Crippen LogP contribution in [-0.4, -0.2) is 70.0 Å². The van der Waals surface area contributed by atoms with Crippen LogP contribution >= 0.6 is 0 Å². The van der Waals surface area contributed by atoms with Gasteiger partial charge in [-0.05, 0) is 43.5 Å². The monoisotopic (exact) mass is 486 g/mol. The van der Waals surface area contributed by atoms with Crippen molar-refractivity contribution in [3.05, 3.63) is 54.1 Å². The number of nitrogens with two attached hydrogens (primary N) is 1. The van der Waals surface area contributed by atoms with Gasteiger partial charge in [-0.15, -0.1) is 0 Å². The zero-order valence-electron chi connectivity index (χ0n) is 21.1. The molecule has 8 nitrogen and oxygen atoms in total. The number of hydrogen-bond acceptors (Lipinski definition) is 7. The average Bonchev–Trinajstić information content (AvgIpc) is 3.48. The lowest BCUT2D eigenvalue weighted by atomic mass is 9.96. The zero-order valence-corrected chi connectivity index (χ0v) is 21.1. The van der Waals surface area contributed by atoms with E-state index in [2.05, 4.69) is 26.8 Å². The molecule has 1 aliphatic heterocycles. The molecule has 36 heavy (non-hydrogen) atoms. The molecule has 1 aromatic carbocycles. The number of benzene rings is 1. The fraction of sp³-hybridized carbons (Fsp3) is 0.429. The van der Waals surface area contributed by atoms with Crippen LogP contribution in [0.5, 0.6) is 5.75 Å². The second kappa shape index (κ2) is 10.6. The summed E-state index contributed by atoms with van der Waals surface area (Å²) in [6.07, 6.45) is 9.32. The van der Waals surface area contributed by atoms with Crippen molar-refractivity contribution >= 4 is 11.7 Å². The number of ether oxygens (including phenoxy) is 1. The highest BCUT2D eigenvalue weighted by Crippen LogP contribution is 2.35. The van der Waals surface area contributed by atoms with Gasteiger partial charge < -0.3 is 15.4 Å². The Kier molecular flexibility index (Phi) is 7.13. The Balaban J connectivity index is 1.42. The number of anilines is 1. The normalized spacial score (nSPS) is 16.9. The molecule has 1 aliphatic carbocycles. The average molecular weight is 487 g/mol. The Labute approximate surface area is 212 Å². The van der Waals surface area contributed by atoms with E-state index >= 15 is 0 Å². The van der Waals surface area contributed by atoms with Gasteiger partial charge in [0.15, 0.2) is 0 Å². The lowest BCUT2D eigenvalue weighted by Crippen LogP contribution is -2.51. The first-order valence-electron chi connectivity index (χ1n) is 12.9. The van der Waals surface area contributed by atoms with Gasteiger partial charge in [0.05, 0.1) is 24.1 Å². The summed E-state index contributed by atoms with van der Waals surface area (Å²) in [6.45, 7) is 5.45. The summed E-state index contributed by atoms with van der Waals surface area (Å²) in [6, 6.07) is 10.1. The minimum Gasteiger partial charge on any atom is -0.496 e. The second-order valence-corrected chi connectivity index (χ2v) is 9.55. The number of piperazine rings is 1. The Hall–Kier alpha value is -3.52. The molecular weight excluding hydrogens is 452 g/mol. The highest BCUT2D eigenvalue weighted by molar-refractivity contribution is 5.98. The van der Waals surface area contributed by atoms with E-state index < -0.39 is 0 Å². The molecule has 1 amide bonds. The van der Waals surface area contributed by atoms with Crippen molar-refractivity contribution in [3.8, 4) is 28.1 Å². The van der Waals surface area contributed by atoms with E-state index in [1.165, 1.54) is 25.7 Å². The van der Waals surface area contributed by atoms with Crippen LogP contribution in [0.25, 0.3) is 22.4 Å². The first-order chi connectivity index (χ1) is 17.6. The van der Waals surface area contributed by atoms with E-state index in [1.54, 1.807) is 25.7 Å². The molecule has 3 aromatic rings. The third-order valence-corrected chi connectivity index (χ3v) is 7.48. The van der Waals surface area contributed by atoms with Gasteiger partial charge in [0, 0.05) is 55.1 Å². The Morgan fingerprint density at radius 1 is 1.03 bits per heavy atom. The van der Waals surface area contributed by atoms with Crippen molar-refractivity contribution in [2.45, 2.75) is 45.1 Å². The molecule has 2 N–H and O–H groups in total. The van der Waals surface area contributed by atoms with Crippen LogP contribution in [0.4, 0.5) is 5.82 Å². The van der Waals surface area contributed by atoms with Crippen molar-refractivity contribution in [1.29, 1.82) is 0 Å². The number of nitrogens with zero attached hydrogens (tertiary/aromatic N) is 5. The highest BCUT2D eigenvalue weighted by atomic mass is 16.5. The van der Waals surface area contributed by atoms with Crippen LogP contribution in [0.2, 0.25) is 0 Å². The van der Waals surface area contributed by atoms with Crippen LogP contribution in [0.1, 0.15) is 48.7 Å². The molecule has 5 rings (SSSR count). The second-order valence-electron chi connectivity index (χ2n) is 9.55. The molecule has 0 atom stereocenters. The lowest BCUT2D eigenvalue weighted by Gasteiger charge is -2.38. The number of carbonyl (C=O) groups is 1. The predicted molar refractivity (Wildman–Crippen MR) is 141 cm³/mol. The predicted octanol–water partition coefficient (Wildman–Crippen LogP) is 4.06. The topological polar surface area (TPSA) is 97.5 Å². The maximum Gasteiger partial charge on any atom is 0.257 e. The molecule has 0 bridgehead atoms. The van der Waals surface area contributed by atoms with Gasteiger partial charge >= 0.3 is 0 Å². The van der Waals surface area contributed by atoms with Crippen LogP contribution in [0.15, 0.2) is 42.9 Å². The summed E-state index contributed by atoms with van der Waals surface area (Å²) >= 11 is 0. The number of nitrogen functional groups attached to an aromatic ring is 1. The zero-order chi connectivity index (χ0) is 25.1. The molecule has 3 heterocycles. The fourth-order valence-electron chi connectivity index (χ4n) is 5.51. The lowest BCUT2D eigenvalue weighted by molar-refractivity contribution is 0.0570. The standard InChI is InChI=1S/C28H34N6O2/c1-3-23-26(20-9-11-25(29)30-17-20)27(32-18-31-23)19-8-10-22(24(16-19)36-2)28(35)34-14-12-33(13-15-34)21-6-4-5-7-21/h8-11,16-18,21H,3-7,12-15H2,1-2H3,(H2,29,30). The molecule has 2 aromatic heterocycles. The molecule has 2 aliphatic rings. The Bertz CT molecular complexity index is 1220. The fourth-order valence-corrected chi connectivity index (χ4v) is 5.51. The van der Waals surface area contributed by atoms with Crippen molar-refractivity contribution in [3.63, 3.8) is 0 Å². The minimum absolute atomic E-state index is 0.0179. The summed E-state index contributed by atoms with van der Waals surface area (Å²) < 4.78 is 5.71. The molecular formula is C28H34N6O2. The molecule has 2 fully saturated rings. The molecule has 0 spiro atoms. The molecule has 0 unspecified atom stereocenters. The van der Waals surface area contributed by atoms with Crippen LogP contribution in [0.3, 0.4) is 0 Å². The smallest absolute Gasteiger partial charge is 0.257 e. The van der Waals surface area contributed by atoms with E-state index in [-0.39, 0.29) is 5.91 Å². The van der Waals surface area contributed by atoms with Gasteiger partial charge in [0.1, 0.15) is 17.9 Å². The van der Waals surface area contributed by atoms with Crippen LogP contribution in [0, 0.1) is 0 Å². The van der Waals surface area contributed by atoms with Gasteiger partial charge in [0.2, 0.25) is 0 Å². The van der Waals surface area contributed by atoms with Gasteiger partial charge in [0.25, 0.3) is 5.91 Å². The first kappa shape index (κ1) is 24.2. The number of amides is 1. The Morgan fingerprint density at radius 2 is 1.78 bits per heavy atom. The van der Waals surface area contributed by atoms with E-state index in [1.807, 2.05) is 29.2 Å². The minimum atomic E-state index is 0.0179. The van der Waals surface area contributed by atoms with Crippen LogP contribution < -0.4 is 10.5 Å². The summed E-state index contributed by atoms with van der Waals surface area (Å²) in [5.74, 6) is 1.03. The molecule has 0 radical (unpaired) electrons. The maximum absolute atomic E-state index is 13.5. The number of hydrogen-bond donors (Lipinski definition) is 1. The summed E-state index contributed by atoms with van der Waals surface area (Å²) in [5.41, 5.74) is 10.8.